The SMILES string of the molecule is Cc1ccc2ccc3c(-c4ccc(CCCCl)cc4)cc(C)nc3c2n1. The molecule has 0 radical (unpaired) electrons. The van der Waals surface area contributed by atoms with Gasteiger partial charge in [0.2, 0.25) is 0 Å². The zero-order valence-corrected chi connectivity index (χ0v) is 15.8. The summed E-state index contributed by atoms with van der Waals surface area (Å²) >= 11 is 5.81. The van der Waals surface area contributed by atoms with Gasteiger partial charge in [-0.05, 0) is 55.5 Å². The van der Waals surface area contributed by atoms with Crippen molar-refractivity contribution in [2.45, 2.75) is 26.7 Å². The van der Waals surface area contributed by atoms with Crippen molar-refractivity contribution < 1.29 is 0 Å². The van der Waals surface area contributed by atoms with E-state index in [1.54, 1.807) is 0 Å². The molecule has 3 heteroatoms. The van der Waals surface area contributed by atoms with Crippen molar-refractivity contribution in [3.05, 3.63) is 71.5 Å². The summed E-state index contributed by atoms with van der Waals surface area (Å²) in [6, 6.07) is 19.4. The molecule has 2 nitrogen and oxygen atoms in total. The predicted molar refractivity (Wildman–Crippen MR) is 111 cm³/mol. The highest BCUT2D eigenvalue weighted by molar-refractivity contribution is 6.17. The zero-order chi connectivity index (χ0) is 18.1. The van der Waals surface area contributed by atoms with Crippen molar-refractivity contribution in [3.8, 4) is 11.1 Å². The number of pyridine rings is 2. The van der Waals surface area contributed by atoms with Crippen LogP contribution in [-0.4, -0.2) is 15.8 Å². The Morgan fingerprint density at radius 1 is 0.808 bits per heavy atom. The number of benzene rings is 2. The fraction of sp³-hybridized carbons (Fsp3) is 0.217. The topological polar surface area (TPSA) is 25.8 Å². The zero-order valence-electron chi connectivity index (χ0n) is 15.1. The molecule has 2 heterocycles. The first kappa shape index (κ1) is 17.0. The first-order chi connectivity index (χ1) is 12.7. The van der Waals surface area contributed by atoms with E-state index < -0.39 is 0 Å². The van der Waals surface area contributed by atoms with Gasteiger partial charge >= 0.3 is 0 Å². The molecule has 130 valence electrons. The van der Waals surface area contributed by atoms with Crippen molar-refractivity contribution in [1.29, 1.82) is 0 Å². The number of aryl methyl sites for hydroxylation is 3. The lowest BCUT2D eigenvalue weighted by Crippen LogP contribution is -1.93. The molecule has 0 aliphatic heterocycles. The number of hydrogen-bond acceptors (Lipinski definition) is 2. The van der Waals surface area contributed by atoms with Gasteiger partial charge < -0.3 is 0 Å². The lowest BCUT2D eigenvalue weighted by atomic mass is 9.97. The van der Waals surface area contributed by atoms with E-state index in [-0.39, 0.29) is 0 Å². The third kappa shape index (κ3) is 3.17. The summed E-state index contributed by atoms with van der Waals surface area (Å²) in [4.78, 5) is 9.56. The van der Waals surface area contributed by atoms with Crippen molar-refractivity contribution >= 4 is 33.4 Å². The summed E-state index contributed by atoms with van der Waals surface area (Å²) in [5, 5.41) is 2.28. The maximum Gasteiger partial charge on any atom is 0.0974 e. The van der Waals surface area contributed by atoms with Crippen LogP contribution in [0.15, 0.2) is 54.6 Å². The van der Waals surface area contributed by atoms with Gasteiger partial charge in [0.25, 0.3) is 0 Å². The first-order valence-electron chi connectivity index (χ1n) is 8.99. The minimum absolute atomic E-state index is 0.704. The van der Waals surface area contributed by atoms with Gasteiger partial charge in [0.1, 0.15) is 0 Å². The quantitative estimate of drug-likeness (QED) is 0.318. The second kappa shape index (κ2) is 7.05. The van der Waals surface area contributed by atoms with E-state index in [9.17, 15) is 0 Å². The minimum atomic E-state index is 0.704. The molecule has 26 heavy (non-hydrogen) atoms. The van der Waals surface area contributed by atoms with Gasteiger partial charge in [-0.25, -0.2) is 0 Å². The van der Waals surface area contributed by atoms with Crippen LogP contribution in [0.4, 0.5) is 0 Å². The van der Waals surface area contributed by atoms with Crippen LogP contribution < -0.4 is 0 Å². The van der Waals surface area contributed by atoms with E-state index in [1.807, 2.05) is 19.9 Å². The Labute approximate surface area is 158 Å². The monoisotopic (exact) mass is 360 g/mol. The summed E-state index contributed by atoms with van der Waals surface area (Å²) in [5.41, 5.74) is 7.72. The Kier molecular flexibility index (Phi) is 4.60. The van der Waals surface area contributed by atoms with Crippen LogP contribution in [0.2, 0.25) is 0 Å². The number of hydrogen-bond donors (Lipinski definition) is 0. The van der Waals surface area contributed by atoms with Crippen molar-refractivity contribution in [2.75, 3.05) is 5.88 Å². The largest absolute Gasteiger partial charge is 0.251 e. The van der Waals surface area contributed by atoms with Crippen LogP contribution >= 0.6 is 11.6 Å². The molecule has 0 saturated heterocycles. The minimum Gasteiger partial charge on any atom is -0.251 e. The molecule has 0 N–H and O–H groups in total. The number of aromatic nitrogens is 2. The molecule has 2 aromatic carbocycles. The van der Waals surface area contributed by atoms with Crippen LogP contribution in [0.5, 0.6) is 0 Å². The van der Waals surface area contributed by atoms with Crippen molar-refractivity contribution in [1.82, 2.24) is 9.97 Å². The normalized spacial score (nSPS) is 11.3. The van der Waals surface area contributed by atoms with Crippen LogP contribution in [0.3, 0.4) is 0 Å². The molecule has 0 amide bonds. The summed E-state index contributed by atoms with van der Waals surface area (Å²) < 4.78 is 0. The molecule has 4 aromatic rings. The summed E-state index contributed by atoms with van der Waals surface area (Å²) in [6.45, 7) is 4.07. The van der Waals surface area contributed by atoms with Gasteiger partial charge in [-0.3, -0.25) is 9.97 Å². The molecule has 0 unspecified atom stereocenters. The number of fused-ring (bicyclic) bond motifs is 3. The molecule has 0 saturated carbocycles. The van der Waals surface area contributed by atoms with Gasteiger partial charge in [-0.1, -0.05) is 42.5 Å². The number of rotatable bonds is 4. The molecule has 0 spiro atoms. The molecule has 2 aromatic heterocycles. The average molecular weight is 361 g/mol. The van der Waals surface area contributed by atoms with Crippen molar-refractivity contribution in [3.63, 3.8) is 0 Å². The summed E-state index contributed by atoms with van der Waals surface area (Å²) in [5.74, 6) is 0.704. The van der Waals surface area contributed by atoms with Crippen LogP contribution in [0, 0.1) is 13.8 Å². The standard InChI is InChI=1S/C23H21ClN2/c1-15-5-8-19-11-12-20-21(14-16(2)26-23(20)22(19)25-15)18-9-6-17(7-10-18)4-3-13-24/h5-12,14H,3-4,13H2,1-2H3. The van der Waals surface area contributed by atoms with Gasteiger partial charge in [0.05, 0.1) is 11.0 Å². The van der Waals surface area contributed by atoms with Crippen molar-refractivity contribution in [2.24, 2.45) is 0 Å². The Hall–Kier alpha value is -2.45. The predicted octanol–water partition coefficient (Wildman–Crippen LogP) is 6.24. The average Bonchev–Trinajstić information content (AvgIpc) is 2.66. The second-order valence-corrected chi connectivity index (χ2v) is 7.16. The Balaban J connectivity index is 1.89. The maximum absolute atomic E-state index is 5.81. The number of halogens is 1. The van der Waals surface area contributed by atoms with E-state index in [0.29, 0.717) is 5.88 Å². The first-order valence-corrected chi connectivity index (χ1v) is 9.52. The lowest BCUT2D eigenvalue weighted by Gasteiger charge is -2.11. The Bertz CT molecular complexity index is 1080. The number of nitrogens with zero attached hydrogens (tertiary/aromatic N) is 2. The van der Waals surface area contributed by atoms with Gasteiger partial charge in [0.15, 0.2) is 0 Å². The molecular formula is C23H21ClN2. The molecule has 0 bridgehead atoms. The molecule has 0 fully saturated rings. The fourth-order valence-electron chi connectivity index (χ4n) is 3.46. The van der Waals surface area contributed by atoms with E-state index in [2.05, 4.69) is 48.5 Å². The molecule has 4 rings (SSSR count). The van der Waals surface area contributed by atoms with E-state index in [1.165, 1.54) is 16.7 Å². The van der Waals surface area contributed by atoms with Gasteiger partial charge in [-0.15, -0.1) is 11.6 Å². The van der Waals surface area contributed by atoms with Crippen LogP contribution in [-0.2, 0) is 6.42 Å². The van der Waals surface area contributed by atoms with E-state index >= 15 is 0 Å². The number of alkyl halides is 1. The lowest BCUT2D eigenvalue weighted by molar-refractivity contribution is 0.929. The molecule has 0 atom stereocenters. The Morgan fingerprint density at radius 2 is 1.54 bits per heavy atom. The summed E-state index contributed by atoms with van der Waals surface area (Å²) in [7, 11) is 0. The molecular weight excluding hydrogens is 340 g/mol. The fourth-order valence-corrected chi connectivity index (χ4v) is 3.59. The molecule has 0 aliphatic rings. The third-order valence-corrected chi connectivity index (χ3v) is 5.04. The van der Waals surface area contributed by atoms with Crippen LogP contribution in [0.1, 0.15) is 23.4 Å². The van der Waals surface area contributed by atoms with Gasteiger partial charge in [0, 0.05) is 28.0 Å². The van der Waals surface area contributed by atoms with Crippen LogP contribution in [0.25, 0.3) is 32.9 Å². The Morgan fingerprint density at radius 3 is 2.31 bits per heavy atom. The second-order valence-electron chi connectivity index (χ2n) is 6.79. The smallest absolute Gasteiger partial charge is 0.0974 e. The third-order valence-electron chi connectivity index (χ3n) is 4.77. The highest BCUT2D eigenvalue weighted by Crippen LogP contribution is 2.32. The van der Waals surface area contributed by atoms with E-state index in [0.717, 1.165) is 46.0 Å². The molecule has 0 aliphatic carbocycles. The maximum atomic E-state index is 5.81. The highest BCUT2D eigenvalue weighted by atomic mass is 35.5. The summed E-state index contributed by atoms with van der Waals surface area (Å²) in [6.07, 6.45) is 2.03. The highest BCUT2D eigenvalue weighted by Gasteiger charge is 2.11. The van der Waals surface area contributed by atoms with E-state index in [4.69, 9.17) is 21.6 Å². The van der Waals surface area contributed by atoms with Gasteiger partial charge in [-0.2, -0.15) is 0 Å².